The predicted molar refractivity (Wildman–Crippen MR) is 71.2 cm³/mol. The maximum Gasteiger partial charge on any atom is 0.329 e. The zero-order valence-corrected chi connectivity index (χ0v) is 10.6. The maximum atomic E-state index is 11.6. The number of nitrogens with zero attached hydrogens (tertiary/aromatic N) is 2. The van der Waals surface area contributed by atoms with Crippen molar-refractivity contribution in [3.8, 4) is 6.07 Å². The van der Waals surface area contributed by atoms with Crippen LogP contribution in [0.2, 0.25) is 5.15 Å². The van der Waals surface area contributed by atoms with E-state index < -0.39 is 11.2 Å². The van der Waals surface area contributed by atoms with E-state index >= 15 is 0 Å². The second kappa shape index (κ2) is 5.55. The SMILES string of the molecule is N#Cc1ccccc1CCn1c(Cl)cc(=O)[nH]c1=O. The first-order valence-corrected chi connectivity index (χ1v) is 5.97. The van der Waals surface area contributed by atoms with Crippen molar-refractivity contribution in [3.05, 3.63) is 67.4 Å². The van der Waals surface area contributed by atoms with Crippen LogP contribution in [-0.4, -0.2) is 9.55 Å². The maximum absolute atomic E-state index is 11.6. The smallest absolute Gasteiger partial charge is 0.284 e. The topological polar surface area (TPSA) is 78.7 Å². The summed E-state index contributed by atoms with van der Waals surface area (Å²) in [5, 5.41) is 9.06. The first kappa shape index (κ1) is 13.1. The largest absolute Gasteiger partial charge is 0.329 e. The van der Waals surface area contributed by atoms with Gasteiger partial charge in [-0.2, -0.15) is 5.26 Å². The lowest BCUT2D eigenvalue weighted by molar-refractivity contribution is 0.645. The van der Waals surface area contributed by atoms with E-state index in [9.17, 15) is 9.59 Å². The molecule has 1 aromatic heterocycles. The molecule has 19 heavy (non-hydrogen) atoms. The molecular weight excluding hydrogens is 266 g/mol. The van der Waals surface area contributed by atoms with Gasteiger partial charge in [-0.1, -0.05) is 29.8 Å². The molecule has 0 aliphatic carbocycles. The highest BCUT2D eigenvalue weighted by atomic mass is 35.5. The number of hydrogen-bond acceptors (Lipinski definition) is 3. The number of aryl methyl sites for hydroxylation is 1. The monoisotopic (exact) mass is 275 g/mol. The summed E-state index contributed by atoms with van der Waals surface area (Å²) in [6, 6.07) is 10.4. The van der Waals surface area contributed by atoms with Crippen molar-refractivity contribution in [1.29, 1.82) is 5.26 Å². The van der Waals surface area contributed by atoms with Crippen molar-refractivity contribution >= 4 is 11.6 Å². The number of halogens is 1. The summed E-state index contributed by atoms with van der Waals surface area (Å²) in [6.07, 6.45) is 0.482. The minimum atomic E-state index is -0.549. The minimum Gasteiger partial charge on any atom is -0.284 e. The quantitative estimate of drug-likeness (QED) is 0.858. The van der Waals surface area contributed by atoms with Gasteiger partial charge in [-0.15, -0.1) is 0 Å². The summed E-state index contributed by atoms with van der Waals surface area (Å²) in [4.78, 5) is 24.8. The molecule has 2 aromatic rings. The molecule has 5 nitrogen and oxygen atoms in total. The molecule has 0 amide bonds. The molecule has 0 radical (unpaired) electrons. The van der Waals surface area contributed by atoms with Gasteiger partial charge in [0, 0.05) is 12.6 Å². The molecule has 6 heteroatoms. The van der Waals surface area contributed by atoms with Gasteiger partial charge in [-0.25, -0.2) is 4.79 Å². The molecule has 0 spiro atoms. The Bertz CT molecular complexity index is 755. The fourth-order valence-corrected chi connectivity index (χ4v) is 2.04. The first-order valence-electron chi connectivity index (χ1n) is 5.59. The van der Waals surface area contributed by atoms with Crippen LogP contribution in [0.3, 0.4) is 0 Å². The van der Waals surface area contributed by atoms with Crippen LogP contribution in [-0.2, 0) is 13.0 Å². The molecular formula is C13H10ClN3O2. The molecule has 1 heterocycles. The van der Waals surface area contributed by atoms with Gasteiger partial charge in [0.05, 0.1) is 11.6 Å². The van der Waals surface area contributed by atoms with Gasteiger partial charge in [0.15, 0.2) is 0 Å². The minimum absolute atomic E-state index is 0.0863. The van der Waals surface area contributed by atoms with E-state index in [1.54, 1.807) is 12.1 Å². The lowest BCUT2D eigenvalue weighted by Crippen LogP contribution is -2.30. The lowest BCUT2D eigenvalue weighted by atomic mass is 10.1. The van der Waals surface area contributed by atoms with Crippen LogP contribution in [0.25, 0.3) is 0 Å². The Morgan fingerprint density at radius 2 is 2.05 bits per heavy atom. The molecule has 0 atom stereocenters. The van der Waals surface area contributed by atoms with E-state index in [2.05, 4.69) is 11.1 Å². The zero-order valence-electron chi connectivity index (χ0n) is 9.89. The normalized spacial score (nSPS) is 10.1. The van der Waals surface area contributed by atoms with Gasteiger partial charge in [-0.05, 0) is 18.1 Å². The van der Waals surface area contributed by atoms with Crippen LogP contribution in [0.1, 0.15) is 11.1 Å². The lowest BCUT2D eigenvalue weighted by Gasteiger charge is -2.08. The molecule has 1 aromatic carbocycles. The Morgan fingerprint density at radius 3 is 2.74 bits per heavy atom. The van der Waals surface area contributed by atoms with Crippen LogP contribution in [0.15, 0.2) is 39.9 Å². The molecule has 0 saturated heterocycles. The summed E-state index contributed by atoms with van der Waals surface area (Å²) in [5.74, 6) is 0. The van der Waals surface area contributed by atoms with Crippen LogP contribution >= 0.6 is 11.6 Å². The molecule has 0 bridgehead atoms. The Morgan fingerprint density at radius 1 is 1.32 bits per heavy atom. The van der Waals surface area contributed by atoms with Crippen LogP contribution < -0.4 is 11.2 Å². The number of aromatic nitrogens is 2. The van der Waals surface area contributed by atoms with Crippen molar-refractivity contribution in [2.75, 3.05) is 0 Å². The predicted octanol–water partition coefficient (Wildman–Crippen LogP) is 1.30. The number of hydrogen-bond donors (Lipinski definition) is 1. The number of benzene rings is 1. The van der Waals surface area contributed by atoms with Gasteiger partial charge in [0.25, 0.3) is 5.56 Å². The second-order valence-electron chi connectivity index (χ2n) is 3.93. The first-order chi connectivity index (χ1) is 9.11. The molecule has 2 rings (SSSR count). The van der Waals surface area contributed by atoms with E-state index in [0.29, 0.717) is 18.5 Å². The number of nitrogens with one attached hydrogen (secondary N) is 1. The van der Waals surface area contributed by atoms with Crippen LogP contribution in [0, 0.1) is 11.3 Å². The van der Waals surface area contributed by atoms with E-state index in [1.807, 2.05) is 12.1 Å². The third-order valence-electron chi connectivity index (χ3n) is 2.73. The summed E-state index contributed by atoms with van der Waals surface area (Å²) in [6.45, 7) is 0.299. The Kier molecular flexibility index (Phi) is 3.83. The van der Waals surface area contributed by atoms with Crippen LogP contribution in [0.5, 0.6) is 0 Å². The number of nitriles is 1. The Hall–Kier alpha value is -2.32. The fraction of sp³-hybridized carbons (Fsp3) is 0.154. The van der Waals surface area contributed by atoms with E-state index in [4.69, 9.17) is 16.9 Å². The molecule has 0 fully saturated rings. The molecule has 0 saturated carbocycles. The molecule has 0 aliphatic heterocycles. The summed E-state index contributed by atoms with van der Waals surface area (Å²) < 4.78 is 1.26. The van der Waals surface area contributed by atoms with Crippen molar-refractivity contribution in [2.45, 2.75) is 13.0 Å². The highest BCUT2D eigenvalue weighted by Gasteiger charge is 2.06. The fourth-order valence-electron chi connectivity index (χ4n) is 1.78. The zero-order chi connectivity index (χ0) is 13.8. The van der Waals surface area contributed by atoms with Crippen molar-refractivity contribution in [1.82, 2.24) is 9.55 Å². The van der Waals surface area contributed by atoms with Crippen molar-refractivity contribution < 1.29 is 0 Å². The highest BCUT2D eigenvalue weighted by Crippen LogP contribution is 2.10. The van der Waals surface area contributed by atoms with Gasteiger partial charge < -0.3 is 0 Å². The summed E-state index contributed by atoms with van der Waals surface area (Å²) in [5.41, 5.74) is 0.325. The average molecular weight is 276 g/mol. The molecule has 0 aliphatic rings. The molecule has 0 unspecified atom stereocenters. The summed E-state index contributed by atoms with van der Waals surface area (Å²) >= 11 is 5.85. The standard InChI is InChI=1S/C13H10ClN3O2/c14-11-7-12(18)16-13(19)17(11)6-5-9-3-1-2-4-10(9)8-15/h1-4,7H,5-6H2,(H,16,18,19). The van der Waals surface area contributed by atoms with E-state index in [0.717, 1.165) is 11.6 Å². The second-order valence-corrected chi connectivity index (χ2v) is 4.32. The van der Waals surface area contributed by atoms with E-state index in [1.165, 1.54) is 4.57 Å². The number of rotatable bonds is 3. The van der Waals surface area contributed by atoms with Gasteiger partial charge in [-0.3, -0.25) is 14.3 Å². The Balaban J connectivity index is 2.27. The number of H-pyrrole nitrogens is 1. The van der Waals surface area contributed by atoms with Crippen molar-refractivity contribution in [3.63, 3.8) is 0 Å². The summed E-state index contributed by atoms with van der Waals surface area (Å²) in [7, 11) is 0. The van der Waals surface area contributed by atoms with E-state index in [-0.39, 0.29) is 5.15 Å². The highest BCUT2D eigenvalue weighted by molar-refractivity contribution is 6.29. The third kappa shape index (κ3) is 2.92. The van der Waals surface area contributed by atoms with Gasteiger partial charge in [0.1, 0.15) is 5.15 Å². The molecule has 96 valence electrons. The van der Waals surface area contributed by atoms with Crippen molar-refractivity contribution in [2.24, 2.45) is 0 Å². The molecule has 1 N–H and O–H groups in total. The average Bonchev–Trinajstić information content (AvgIpc) is 2.38. The van der Waals surface area contributed by atoms with Gasteiger partial charge in [0.2, 0.25) is 0 Å². The number of aromatic amines is 1. The Labute approximate surface area is 113 Å². The van der Waals surface area contributed by atoms with Gasteiger partial charge >= 0.3 is 5.69 Å². The third-order valence-corrected chi connectivity index (χ3v) is 3.04. The van der Waals surface area contributed by atoms with Crippen LogP contribution in [0.4, 0.5) is 0 Å².